The Morgan fingerprint density at radius 3 is 1.14 bits per heavy atom. The number of hydrogen-bond acceptors (Lipinski definition) is 4. The lowest BCUT2D eigenvalue weighted by Crippen LogP contribution is -2.35. The minimum atomic E-state index is 0.657. The summed E-state index contributed by atoms with van der Waals surface area (Å²) < 4.78 is 0. The summed E-state index contributed by atoms with van der Waals surface area (Å²) in [5.41, 5.74) is 0. The van der Waals surface area contributed by atoms with E-state index in [1.807, 2.05) is 0 Å². The van der Waals surface area contributed by atoms with Gasteiger partial charge in [-0.3, -0.25) is 0 Å². The van der Waals surface area contributed by atoms with Crippen molar-refractivity contribution in [1.29, 1.82) is 0 Å². The molecule has 0 aromatic rings. The smallest absolute Gasteiger partial charge is 0.211 e. The molecule has 1 aliphatic rings. The summed E-state index contributed by atoms with van der Waals surface area (Å²) in [5.74, 6) is 3.90. The number of carbonyl (C=O) groups excluding carboxylic acids is 2. The Hall–Kier alpha value is -1.24. The van der Waals surface area contributed by atoms with E-state index in [-0.39, 0.29) is 0 Å². The van der Waals surface area contributed by atoms with E-state index in [0.717, 1.165) is 36.5 Å². The molecular weight excluding hydrogens is 516 g/mol. The van der Waals surface area contributed by atoms with Crippen molar-refractivity contribution in [2.45, 2.75) is 194 Å². The minimum Gasteiger partial charge on any atom is -0.211 e. The number of isocyanates is 2. The summed E-state index contributed by atoms with van der Waals surface area (Å²) in [6, 6.07) is 0. The van der Waals surface area contributed by atoms with Crippen LogP contribution < -0.4 is 0 Å². The topological polar surface area (TPSA) is 58.9 Å². The van der Waals surface area contributed by atoms with Crippen LogP contribution in [0.4, 0.5) is 0 Å². The largest absolute Gasteiger partial charge is 0.234 e. The van der Waals surface area contributed by atoms with E-state index < -0.39 is 0 Å². The van der Waals surface area contributed by atoms with Gasteiger partial charge in [0.25, 0.3) is 0 Å². The van der Waals surface area contributed by atoms with Crippen LogP contribution in [0.25, 0.3) is 0 Å². The Labute approximate surface area is 261 Å². The zero-order valence-electron chi connectivity index (χ0n) is 28.2. The Morgan fingerprint density at radius 2 is 0.738 bits per heavy atom. The molecule has 244 valence electrons. The molecule has 0 heterocycles. The highest BCUT2D eigenvalue weighted by Crippen LogP contribution is 2.47. The first-order chi connectivity index (χ1) is 20.8. The van der Waals surface area contributed by atoms with Crippen molar-refractivity contribution in [1.82, 2.24) is 0 Å². The molecule has 0 aromatic carbocycles. The second-order valence-electron chi connectivity index (χ2n) is 13.6. The summed E-state index contributed by atoms with van der Waals surface area (Å²) in [6.07, 6.45) is 41.7. The molecule has 1 saturated carbocycles. The predicted molar refractivity (Wildman–Crippen MR) is 181 cm³/mol. The van der Waals surface area contributed by atoms with Crippen molar-refractivity contribution in [2.24, 2.45) is 33.7 Å². The minimum absolute atomic E-state index is 0.657. The molecule has 0 aromatic heterocycles. The maximum atomic E-state index is 10.2. The van der Waals surface area contributed by atoms with Crippen LogP contribution in [-0.4, -0.2) is 25.2 Å². The first kappa shape index (κ1) is 38.8. The second kappa shape index (κ2) is 29.8. The Kier molecular flexibility index (Phi) is 27.5. The first-order valence-electron chi connectivity index (χ1n) is 18.9. The Balaban J connectivity index is 2.60. The fourth-order valence-corrected chi connectivity index (χ4v) is 7.84. The van der Waals surface area contributed by atoms with Gasteiger partial charge in [0.15, 0.2) is 0 Å². The molecule has 0 N–H and O–H groups in total. The molecule has 1 fully saturated rings. The fraction of sp³-hybridized carbons (Fsp3) is 0.947. The lowest BCUT2D eigenvalue weighted by Gasteiger charge is -2.44. The van der Waals surface area contributed by atoms with Crippen molar-refractivity contribution in [2.75, 3.05) is 13.1 Å². The van der Waals surface area contributed by atoms with Crippen LogP contribution in [0.3, 0.4) is 0 Å². The first-order valence-corrected chi connectivity index (χ1v) is 18.9. The van der Waals surface area contributed by atoms with Crippen LogP contribution in [0.5, 0.6) is 0 Å². The zero-order valence-corrected chi connectivity index (χ0v) is 28.2. The maximum absolute atomic E-state index is 10.2. The number of unbranched alkanes of at least 4 members (excludes halogenated alkanes) is 18. The molecule has 1 rings (SSSR count). The third-order valence-corrected chi connectivity index (χ3v) is 10.3. The molecular formula is C38H70N2O2. The normalized spacial score (nSPS) is 20.2. The van der Waals surface area contributed by atoms with Gasteiger partial charge in [-0.15, -0.1) is 0 Å². The fourth-order valence-electron chi connectivity index (χ4n) is 7.84. The molecule has 4 heteroatoms. The van der Waals surface area contributed by atoms with Crippen LogP contribution in [-0.2, 0) is 9.59 Å². The quantitative estimate of drug-likeness (QED) is 0.0477. The summed E-state index contributed by atoms with van der Waals surface area (Å²) in [4.78, 5) is 27.8. The number of rotatable bonds is 30. The van der Waals surface area contributed by atoms with Gasteiger partial charge < -0.3 is 0 Å². The maximum Gasteiger partial charge on any atom is 0.234 e. The van der Waals surface area contributed by atoms with Crippen molar-refractivity contribution in [3.05, 3.63) is 0 Å². The monoisotopic (exact) mass is 587 g/mol. The van der Waals surface area contributed by atoms with Crippen LogP contribution in [0.2, 0.25) is 0 Å². The molecule has 4 atom stereocenters. The van der Waals surface area contributed by atoms with E-state index in [0.29, 0.717) is 13.1 Å². The van der Waals surface area contributed by atoms with Gasteiger partial charge in [0.1, 0.15) is 0 Å². The van der Waals surface area contributed by atoms with Gasteiger partial charge in [-0.25, -0.2) is 19.6 Å². The van der Waals surface area contributed by atoms with Crippen molar-refractivity contribution >= 4 is 12.2 Å². The summed E-state index contributed by atoms with van der Waals surface area (Å²) in [5, 5.41) is 0. The lowest BCUT2D eigenvalue weighted by molar-refractivity contribution is 0.0581. The van der Waals surface area contributed by atoms with Gasteiger partial charge in [-0.2, -0.15) is 0 Å². The van der Waals surface area contributed by atoms with Crippen molar-refractivity contribution in [3.8, 4) is 0 Å². The van der Waals surface area contributed by atoms with Crippen LogP contribution in [0.15, 0.2) is 9.98 Å². The Morgan fingerprint density at radius 1 is 0.429 bits per heavy atom. The summed E-state index contributed by atoms with van der Waals surface area (Å²) in [6.45, 7) is 6.00. The van der Waals surface area contributed by atoms with Gasteiger partial charge in [0.05, 0.1) is 13.1 Å². The van der Waals surface area contributed by atoms with Crippen LogP contribution >= 0.6 is 0 Å². The zero-order chi connectivity index (χ0) is 30.4. The molecule has 0 bridgehead atoms. The highest BCUT2D eigenvalue weighted by Gasteiger charge is 2.37. The average Bonchev–Trinajstić information content (AvgIpc) is 3.00. The van der Waals surface area contributed by atoms with Gasteiger partial charge >= 0.3 is 0 Å². The standard InChI is InChI=1S/C38H70N2O2/c1-3-5-7-14-21-27-37-35(25-19-6-4-2)29-30-36(26-20-15-10-8-12-17-23-31-39-33-41)38(37)28-22-16-11-9-13-18-24-32-40-34-42/h35-38H,3-32H2,1-2H3/t35-,36+,37-,38+/m0/s1. The molecule has 1 aliphatic carbocycles. The SMILES string of the molecule is CCCCCCC[C@H]1[C@@H](CCCCC)CC[C@@H](CCCCCCCCCN=C=O)[C@H]1CCCCCCCCCN=C=O. The molecule has 42 heavy (non-hydrogen) atoms. The third-order valence-electron chi connectivity index (χ3n) is 10.3. The molecule has 0 unspecified atom stereocenters. The highest BCUT2D eigenvalue weighted by atomic mass is 16.1. The van der Waals surface area contributed by atoms with Crippen LogP contribution in [0, 0.1) is 23.7 Å². The average molecular weight is 587 g/mol. The number of hydrogen-bond donors (Lipinski definition) is 0. The summed E-state index contributed by atoms with van der Waals surface area (Å²) in [7, 11) is 0. The van der Waals surface area contributed by atoms with E-state index in [1.165, 1.54) is 167 Å². The lowest BCUT2D eigenvalue weighted by atomic mass is 9.61. The van der Waals surface area contributed by atoms with Gasteiger partial charge in [-0.1, -0.05) is 155 Å². The third kappa shape index (κ3) is 20.6. The van der Waals surface area contributed by atoms with Crippen molar-refractivity contribution < 1.29 is 9.59 Å². The van der Waals surface area contributed by atoms with E-state index in [1.54, 1.807) is 12.2 Å². The molecule has 0 radical (unpaired) electrons. The van der Waals surface area contributed by atoms with Gasteiger partial charge in [0, 0.05) is 0 Å². The summed E-state index contributed by atoms with van der Waals surface area (Å²) >= 11 is 0. The van der Waals surface area contributed by atoms with E-state index in [4.69, 9.17) is 0 Å². The van der Waals surface area contributed by atoms with E-state index >= 15 is 0 Å². The van der Waals surface area contributed by atoms with Crippen LogP contribution in [0.1, 0.15) is 194 Å². The van der Waals surface area contributed by atoms with E-state index in [2.05, 4.69) is 23.8 Å². The molecule has 4 nitrogen and oxygen atoms in total. The number of aliphatic imine (C=N–C) groups is 2. The number of nitrogens with zero attached hydrogens (tertiary/aromatic N) is 2. The van der Waals surface area contributed by atoms with Crippen molar-refractivity contribution in [3.63, 3.8) is 0 Å². The second-order valence-corrected chi connectivity index (χ2v) is 13.6. The molecule has 0 aliphatic heterocycles. The highest BCUT2D eigenvalue weighted by molar-refractivity contribution is 5.32. The molecule has 0 saturated heterocycles. The van der Waals surface area contributed by atoms with E-state index in [9.17, 15) is 9.59 Å². The Bertz CT molecular complexity index is 683. The van der Waals surface area contributed by atoms with Gasteiger partial charge in [-0.05, 0) is 62.2 Å². The van der Waals surface area contributed by atoms with Gasteiger partial charge in [0.2, 0.25) is 12.2 Å². The molecule has 0 amide bonds. The predicted octanol–water partition coefficient (Wildman–Crippen LogP) is 12.1. The molecule has 0 spiro atoms.